The van der Waals surface area contributed by atoms with E-state index in [1.165, 1.54) is 0 Å². The number of hydrogen-bond donors (Lipinski definition) is 1. The van der Waals surface area contributed by atoms with Gasteiger partial charge in [0, 0.05) is 13.1 Å². The Hall–Kier alpha value is -0.0800. The lowest BCUT2D eigenvalue weighted by atomic mass is 9.90. The van der Waals surface area contributed by atoms with Crippen LogP contribution < -0.4 is 0 Å². The first-order valence-corrected chi connectivity index (χ1v) is 5.45. The molecule has 0 bridgehead atoms. The molecule has 0 amide bonds. The molecule has 14 heavy (non-hydrogen) atoms. The summed E-state index contributed by atoms with van der Waals surface area (Å²) in [5.74, 6) is 0.296. The lowest BCUT2D eigenvalue weighted by Gasteiger charge is -2.35. The van der Waals surface area contributed by atoms with Crippen molar-refractivity contribution >= 4 is 0 Å². The molecule has 0 aliphatic heterocycles. The van der Waals surface area contributed by atoms with Crippen LogP contribution in [0.1, 0.15) is 41.5 Å². The first kappa shape index (κ1) is 13.9. The van der Waals surface area contributed by atoms with E-state index in [0.29, 0.717) is 11.3 Å². The second-order valence-corrected chi connectivity index (χ2v) is 6.24. The van der Waals surface area contributed by atoms with Gasteiger partial charge in [0.1, 0.15) is 0 Å². The van der Waals surface area contributed by atoms with E-state index in [1.807, 2.05) is 6.92 Å². The summed E-state index contributed by atoms with van der Waals surface area (Å²) >= 11 is 0. The van der Waals surface area contributed by atoms with Crippen LogP contribution in [-0.4, -0.2) is 35.7 Å². The Labute approximate surface area is 89.3 Å². The largest absolute Gasteiger partial charge is 0.389 e. The van der Waals surface area contributed by atoms with E-state index in [9.17, 15) is 5.11 Å². The Kier molecular flexibility index (Phi) is 4.60. The normalized spacial score (nSPS) is 17.6. The minimum Gasteiger partial charge on any atom is -0.389 e. The minimum absolute atomic E-state index is 0.293. The van der Waals surface area contributed by atoms with Crippen LogP contribution in [0.3, 0.4) is 0 Å². The van der Waals surface area contributed by atoms with E-state index >= 15 is 0 Å². The number of likely N-dealkylation sites (N-methyl/N-ethyl adjacent to an activating group) is 1. The van der Waals surface area contributed by atoms with Crippen molar-refractivity contribution in [1.82, 2.24) is 4.90 Å². The van der Waals surface area contributed by atoms with Crippen molar-refractivity contribution in [2.24, 2.45) is 11.3 Å². The van der Waals surface area contributed by atoms with Crippen molar-refractivity contribution in [2.45, 2.75) is 47.1 Å². The second kappa shape index (κ2) is 4.63. The van der Waals surface area contributed by atoms with Gasteiger partial charge in [-0.3, -0.25) is 0 Å². The zero-order valence-corrected chi connectivity index (χ0v) is 10.9. The number of rotatable bonds is 4. The van der Waals surface area contributed by atoms with Gasteiger partial charge in [-0.05, 0) is 25.3 Å². The van der Waals surface area contributed by atoms with Gasteiger partial charge in [0.25, 0.3) is 0 Å². The molecule has 1 N–H and O–H groups in total. The highest BCUT2D eigenvalue weighted by atomic mass is 16.3. The van der Waals surface area contributed by atoms with Crippen molar-refractivity contribution < 1.29 is 5.11 Å². The third-order valence-electron chi connectivity index (χ3n) is 2.58. The summed E-state index contributed by atoms with van der Waals surface area (Å²) in [5, 5.41) is 10.1. The maximum atomic E-state index is 10.1. The van der Waals surface area contributed by atoms with E-state index in [0.717, 1.165) is 13.1 Å². The molecule has 0 radical (unpaired) electrons. The highest BCUT2D eigenvalue weighted by Gasteiger charge is 2.27. The average molecular weight is 201 g/mol. The Morgan fingerprint density at radius 1 is 1.07 bits per heavy atom. The minimum atomic E-state index is -0.583. The molecule has 0 rings (SSSR count). The van der Waals surface area contributed by atoms with Gasteiger partial charge in [-0.1, -0.05) is 34.6 Å². The number of aliphatic hydroxyl groups is 1. The van der Waals surface area contributed by atoms with Crippen LogP contribution in [0.15, 0.2) is 0 Å². The van der Waals surface area contributed by atoms with Crippen LogP contribution in [0, 0.1) is 11.3 Å². The Morgan fingerprint density at radius 2 is 1.50 bits per heavy atom. The van der Waals surface area contributed by atoms with Crippen LogP contribution in [0.25, 0.3) is 0 Å². The van der Waals surface area contributed by atoms with Gasteiger partial charge in [0.05, 0.1) is 5.60 Å². The molecule has 86 valence electrons. The van der Waals surface area contributed by atoms with Gasteiger partial charge in [-0.25, -0.2) is 0 Å². The van der Waals surface area contributed by atoms with Crippen LogP contribution in [0.4, 0.5) is 0 Å². The van der Waals surface area contributed by atoms with Gasteiger partial charge in [0.2, 0.25) is 0 Å². The molecule has 0 saturated heterocycles. The maximum absolute atomic E-state index is 10.1. The summed E-state index contributed by atoms with van der Waals surface area (Å²) in [6.45, 7) is 14.4. The van der Waals surface area contributed by atoms with Gasteiger partial charge in [-0.15, -0.1) is 0 Å². The maximum Gasteiger partial charge on any atom is 0.0768 e. The summed E-state index contributed by atoms with van der Waals surface area (Å²) in [7, 11) is 2.07. The summed E-state index contributed by atoms with van der Waals surface area (Å²) in [6.07, 6.45) is 0. The summed E-state index contributed by atoms with van der Waals surface area (Å²) < 4.78 is 0. The van der Waals surface area contributed by atoms with E-state index in [2.05, 4.69) is 46.6 Å². The van der Waals surface area contributed by atoms with Crippen molar-refractivity contribution in [2.75, 3.05) is 20.1 Å². The number of nitrogens with zero attached hydrogens (tertiary/aromatic N) is 1. The summed E-state index contributed by atoms with van der Waals surface area (Å²) in [5.41, 5.74) is -0.290. The zero-order valence-electron chi connectivity index (χ0n) is 10.9. The molecule has 1 atom stereocenters. The van der Waals surface area contributed by atoms with Crippen LogP contribution in [-0.2, 0) is 0 Å². The van der Waals surface area contributed by atoms with Crippen molar-refractivity contribution in [3.63, 3.8) is 0 Å². The molecule has 0 aromatic rings. The standard InChI is InChI=1S/C12H27NO/c1-10(2)12(6,14)9-13(7)8-11(3,4)5/h10,14H,8-9H2,1-7H3. The van der Waals surface area contributed by atoms with E-state index in [-0.39, 0.29) is 0 Å². The molecule has 0 aliphatic rings. The first-order chi connectivity index (χ1) is 6.04. The molecule has 0 aromatic carbocycles. The zero-order chi connectivity index (χ0) is 11.6. The average Bonchev–Trinajstić information content (AvgIpc) is 1.79. The van der Waals surface area contributed by atoms with Crippen LogP contribution >= 0.6 is 0 Å². The van der Waals surface area contributed by atoms with Crippen molar-refractivity contribution in [1.29, 1.82) is 0 Å². The first-order valence-electron chi connectivity index (χ1n) is 5.45. The lowest BCUT2D eigenvalue weighted by Crippen LogP contribution is -2.45. The molecule has 0 heterocycles. The predicted molar refractivity (Wildman–Crippen MR) is 62.4 cm³/mol. The SMILES string of the molecule is CC(C)C(C)(O)CN(C)CC(C)(C)C. The second-order valence-electron chi connectivity index (χ2n) is 6.24. The molecule has 2 heteroatoms. The van der Waals surface area contributed by atoms with E-state index < -0.39 is 5.60 Å². The lowest BCUT2D eigenvalue weighted by molar-refractivity contribution is -0.0184. The Balaban J connectivity index is 4.12. The Bertz CT molecular complexity index is 168. The van der Waals surface area contributed by atoms with Crippen LogP contribution in [0.5, 0.6) is 0 Å². The Morgan fingerprint density at radius 3 is 1.79 bits per heavy atom. The fourth-order valence-electron chi connectivity index (χ4n) is 1.59. The smallest absolute Gasteiger partial charge is 0.0768 e. The highest BCUT2D eigenvalue weighted by molar-refractivity contribution is 4.81. The fraction of sp³-hybridized carbons (Fsp3) is 1.00. The van der Waals surface area contributed by atoms with Crippen LogP contribution in [0.2, 0.25) is 0 Å². The molecular weight excluding hydrogens is 174 g/mol. The van der Waals surface area contributed by atoms with Gasteiger partial charge in [-0.2, -0.15) is 0 Å². The number of hydrogen-bond acceptors (Lipinski definition) is 2. The van der Waals surface area contributed by atoms with E-state index in [1.54, 1.807) is 0 Å². The topological polar surface area (TPSA) is 23.5 Å². The third-order valence-corrected chi connectivity index (χ3v) is 2.58. The predicted octanol–water partition coefficient (Wildman–Crippen LogP) is 2.37. The molecule has 0 aliphatic carbocycles. The van der Waals surface area contributed by atoms with Gasteiger partial charge < -0.3 is 10.0 Å². The van der Waals surface area contributed by atoms with Gasteiger partial charge in [0.15, 0.2) is 0 Å². The molecule has 0 aromatic heterocycles. The summed E-state index contributed by atoms with van der Waals surface area (Å²) in [4.78, 5) is 2.21. The molecule has 0 fully saturated rings. The summed E-state index contributed by atoms with van der Waals surface area (Å²) in [6, 6.07) is 0. The van der Waals surface area contributed by atoms with Crippen molar-refractivity contribution in [3.05, 3.63) is 0 Å². The molecule has 2 nitrogen and oxygen atoms in total. The highest BCUT2D eigenvalue weighted by Crippen LogP contribution is 2.20. The van der Waals surface area contributed by atoms with Crippen molar-refractivity contribution in [3.8, 4) is 0 Å². The van der Waals surface area contributed by atoms with Gasteiger partial charge >= 0.3 is 0 Å². The molecular formula is C12H27NO. The molecule has 1 unspecified atom stereocenters. The molecule has 0 saturated carbocycles. The monoisotopic (exact) mass is 201 g/mol. The van der Waals surface area contributed by atoms with E-state index in [4.69, 9.17) is 0 Å². The molecule has 0 spiro atoms. The fourth-order valence-corrected chi connectivity index (χ4v) is 1.59. The quantitative estimate of drug-likeness (QED) is 0.755. The third kappa shape index (κ3) is 5.61.